The van der Waals surface area contributed by atoms with Gasteiger partial charge in [-0.3, -0.25) is 14.5 Å². The summed E-state index contributed by atoms with van der Waals surface area (Å²) in [6.45, 7) is 5.40. The van der Waals surface area contributed by atoms with Crippen LogP contribution in [0.15, 0.2) is 28.8 Å². The lowest BCUT2D eigenvalue weighted by atomic mass is 10.0. The molecule has 0 saturated carbocycles. The average Bonchev–Trinajstić information content (AvgIpc) is 3.09. The molecule has 3 rings (SSSR count). The van der Waals surface area contributed by atoms with Gasteiger partial charge in [-0.25, -0.2) is 4.79 Å². The Kier molecular flexibility index (Phi) is 6.21. The van der Waals surface area contributed by atoms with Crippen LogP contribution in [0.5, 0.6) is 0 Å². The first-order valence-corrected chi connectivity index (χ1v) is 11.9. The molecular formula is C18H21IN2O4S2. The first-order chi connectivity index (χ1) is 12.7. The van der Waals surface area contributed by atoms with Crippen molar-refractivity contribution in [2.75, 3.05) is 10.2 Å². The lowest BCUT2D eigenvalue weighted by Crippen LogP contribution is -2.70. The van der Waals surface area contributed by atoms with E-state index in [-0.39, 0.29) is 23.6 Å². The molecule has 0 spiro atoms. The predicted octanol–water partition coefficient (Wildman–Crippen LogP) is 2.72. The molecule has 0 radical (unpaired) electrons. The van der Waals surface area contributed by atoms with E-state index in [1.165, 1.54) is 16.2 Å². The highest BCUT2D eigenvalue weighted by molar-refractivity contribution is 14.1. The molecule has 0 aromatic carbocycles. The molecule has 1 aromatic rings. The van der Waals surface area contributed by atoms with Crippen molar-refractivity contribution in [3.8, 4) is 0 Å². The largest absolute Gasteiger partial charge is 0.455 e. The second-order valence-electron chi connectivity index (χ2n) is 7.30. The van der Waals surface area contributed by atoms with Gasteiger partial charge in [0.2, 0.25) is 5.91 Å². The summed E-state index contributed by atoms with van der Waals surface area (Å²) >= 11 is 5.27. The fraction of sp³-hybridized carbons (Fsp3) is 0.500. The molecule has 0 bridgehead atoms. The van der Waals surface area contributed by atoms with Crippen molar-refractivity contribution in [2.45, 2.75) is 44.2 Å². The van der Waals surface area contributed by atoms with Crippen LogP contribution in [0.4, 0.5) is 0 Å². The highest BCUT2D eigenvalue weighted by atomic mass is 127. The van der Waals surface area contributed by atoms with Crippen LogP contribution in [0.1, 0.15) is 25.6 Å². The van der Waals surface area contributed by atoms with Gasteiger partial charge in [-0.2, -0.15) is 0 Å². The zero-order valence-electron chi connectivity index (χ0n) is 15.3. The van der Waals surface area contributed by atoms with Crippen molar-refractivity contribution in [1.82, 2.24) is 10.2 Å². The number of thiophene rings is 1. The Labute approximate surface area is 180 Å². The van der Waals surface area contributed by atoms with Gasteiger partial charge in [0.05, 0.1) is 6.42 Å². The van der Waals surface area contributed by atoms with E-state index in [0.29, 0.717) is 15.9 Å². The summed E-state index contributed by atoms with van der Waals surface area (Å²) in [5.41, 5.74) is 0.600. The fourth-order valence-corrected chi connectivity index (χ4v) is 5.94. The van der Waals surface area contributed by atoms with Crippen LogP contribution >= 0.6 is 45.7 Å². The molecule has 0 aliphatic carbocycles. The quantitative estimate of drug-likeness (QED) is 0.280. The number of esters is 1. The minimum atomic E-state index is -0.636. The van der Waals surface area contributed by atoms with E-state index in [9.17, 15) is 14.4 Å². The lowest BCUT2D eigenvalue weighted by molar-refractivity contribution is -0.159. The van der Waals surface area contributed by atoms with Crippen LogP contribution in [0, 0.1) is 0 Å². The highest BCUT2D eigenvalue weighted by Gasteiger charge is 2.54. The average molecular weight is 520 g/mol. The molecule has 2 atom stereocenters. The maximum atomic E-state index is 12.7. The van der Waals surface area contributed by atoms with Crippen LogP contribution in [-0.2, 0) is 25.5 Å². The van der Waals surface area contributed by atoms with Crippen molar-refractivity contribution >= 4 is 63.5 Å². The van der Waals surface area contributed by atoms with E-state index in [2.05, 4.69) is 27.9 Å². The Balaban J connectivity index is 1.72. The Morgan fingerprint density at radius 3 is 2.74 bits per heavy atom. The number of nitrogens with one attached hydrogen (secondary N) is 1. The molecule has 3 heterocycles. The molecule has 1 aromatic heterocycles. The third-order valence-electron chi connectivity index (χ3n) is 4.03. The van der Waals surface area contributed by atoms with Crippen LogP contribution in [0.2, 0.25) is 0 Å². The van der Waals surface area contributed by atoms with Gasteiger partial charge >= 0.3 is 5.97 Å². The fourth-order valence-electron chi connectivity index (χ4n) is 2.90. The van der Waals surface area contributed by atoms with Gasteiger partial charge in [-0.15, -0.1) is 23.1 Å². The number of rotatable bonds is 5. The number of β-lactam (4-membered cyclic amide) rings is 1. The van der Waals surface area contributed by atoms with Crippen LogP contribution < -0.4 is 5.32 Å². The van der Waals surface area contributed by atoms with Crippen LogP contribution in [0.25, 0.3) is 0 Å². The second kappa shape index (κ2) is 8.12. The third-order valence-corrected chi connectivity index (χ3v) is 7.17. The van der Waals surface area contributed by atoms with Gasteiger partial charge in [0.25, 0.3) is 5.91 Å². The molecule has 9 heteroatoms. The van der Waals surface area contributed by atoms with Crippen LogP contribution in [-0.4, -0.2) is 49.9 Å². The number of fused-ring (bicyclic) bond motifs is 1. The monoisotopic (exact) mass is 520 g/mol. The van der Waals surface area contributed by atoms with Crippen LogP contribution in [0.3, 0.4) is 0 Å². The number of carbonyl (C=O) groups is 3. The third kappa shape index (κ3) is 4.51. The zero-order chi connectivity index (χ0) is 19.8. The van der Waals surface area contributed by atoms with E-state index in [1.807, 2.05) is 17.5 Å². The van der Waals surface area contributed by atoms with Crippen molar-refractivity contribution in [2.24, 2.45) is 0 Å². The van der Waals surface area contributed by atoms with Crippen molar-refractivity contribution in [1.29, 1.82) is 0 Å². The van der Waals surface area contributed by atoms with Gasteiger partial charge in [-0.05, 0) is 37.8 Å². The standard InChI is InChI=1S/C18H21IN2O4S2/c1-18(2,3)25-17(24)14-10(8-19)9-27-16-13(15(23)21(14)16)20-12(22)7-11-5-4-6-26-11/h4-6,13,16H,7-9H2,1-3H3,(H,20,22)/t13-,16-/m1/s1. The topological polar surface area (TPSA) is 75.7 Å². The molecule has 1 fully saturated rings. The molecule has 2 amide bonds. The SMILES string of the molecule is CC(C)(C)OC(=O)C1=C(CI)CS[C@@H]2[C@H](NC(=O)Cc3cccs3)C(=O)N12. The number of carbonyl (C=O) groups excluding carboxylic acids is 3. The molecule has 1 N–H and O–H groups in total. The van der Waals surface area contributed by atoms with Crippen molar-refractivity contribution < 1.29 is 19.1 Å². The highest BCUT2D eigenvalue weighted by Crippen LogP contribution is 2.41. The second-order valence-corrected chi connectivity index (χ2v) is 10.2. The summed E-state index contributed by atoms with van der Waals surface area (Å²) in [6.07, 6.45) is 0.257. The number of halogens is 1. The van der Waals surface area contributed by atoms with Gasteiger partial charge in [-0.1, -0.05) is 28.7 Å². The van der Waals surface area contributed by atoms with Gasteiger partial charge in [0.15, 0.2) is 0 Å². The summed E-state index contributed by atoms with van der Waals surface area (Å²) in [4.78, 5) is 40.1. The maximum absolute atomic E-state index is 12.7. The Morgan fingerprint density at radius 1 is 1.41 bits per heavy atom. The normalized spacial score (nSPS) is 22.2. The summed E-state index contributed by atoms with van der Waals surface area (Å²) in [6, 6.07) is 3.18. The molecule has 0 unspecified atom stereocenters. The molecular weight excluding hydrogens is 499 g/mol. The molecule has 146 valence electrons. The predicted molar refractivity (Wildman–Crippen MR) is 115 cm³/mol. The van der Waals surface area contributed by atoms with E-state index < -0.39 is 17.6 Å². The van der Waals surface area contributed by atoms with E-state index >= 15 is 0 Å². The minimum Gasteiger partial charge on any atom is -0.455 e. The van der Waals surface area contributed by atoms with E-state index in [4.69, 9.17) is 4.74 Å². The minimum absolute atomic E-state index is 0.182. The Hall–Kier alpha value is -1.07. The van der Waals surface area contributed by atoms with Crippen molar-refractivity contribution in [3.63, 3.8) is 0 Å². The molecule has 2 aliphatic rings. The Morgan fingerprint density at radius 2 is 2.15 bits per heavy atom. The molecule has 6 nitrogen and oxygen atoms in total. The number of hydrogen-bond donors (Lipinski definition) is 1. The summed E-state index contributed by atoms with van der Waals surface area (Å²) in [5.74, 6) is -0.270. The number of nitrogens with zero attached hydrogens (tertiary/aromatic N) is 1. The number of ether oxygens (including phenoxy) is 1. The first kappa shape index (κ1) is 20.7. The van der Waals surface area contributed by atoms with Gasteiger partial charge in [0.1, 0.15) is 22.7 Å². The lowest BCUT2D eigenvalue weighted by Gasteiger charge is -2.50. The smallest absolute Gasteiger partial charge is 0.355 e. The number of amides is 2. The summed E-state index contributed by atoms with van der Waals surface area (Å²) < 4.78 is 6.15. The summed E-state index contributed by atoms with van der Waals surface area (Å²) in [7, 11) is 0. The first-order valence-electron chi connectivity index (χ1n) is 8.49. The summed E-state index contributed by atoms with van der Waals surface area (Å²) in [5, 5.41) is 4.47. The van der Waals surface area contributed by atoms with Crippen molar-refractivity contribution in [3.05, 3.63) is 33.7 Å². The molecule has 27 heavy (non-hydrogen) atoms. The van der Waals surface area contributed by atoms with Gasteiger partial charge < -0.3 is 10.1 Å². The number of thioether (sulfide) groups is 1. The number of alkyl halides is 1. The number of hydrogen-bond acceptors (Lipinski definition) is 6. The zero-order valence-corrected chi connectivity index (χ0v) is 19.1. The molecule has 2 aliphatic heterocycles. The molecule has 1 saturated heterocycles. The van der Waals surface area contributed by atoms with E-state index in [1.54, 1.807) is 32.5 Å². The maximum Gasteiger partial charge on any atom is 0.355 e. The van der Waals surface area contributed by atoms with Gasteiger partial charge in [0, 0.05) is 15.1 Å². The Bertz CT molecular complexity index is 786. The van der Waals surface area contributed by atoms with E-state index in [0.717, 1.165) is 10.5 Å².